The van der Waals surface area contributed by atoms with Gasteiger partial charge >= 0.3 is 0 Å². The van der Waals surface area contributed by atoms with Crippen LogP contribution in [0.3, 0.4) is 0 Å². The topological polar surface area (TPSA) is 20.2 Å². The molecule has 0 bridgehead atoms. The van der Waals surface area contributed by atoms with Gasteiger partial charge in [0.2, 0.25) is 0 Å². The van der Waals surface area contributed by atoms with Crippen molar-refractivity contribution in [2.75, 3.05) is 0 Å². The number of phenolic OH excluding ortho intramolecular Hbond substituents is 1. The highest BCUT2D eigenvalue weighted by Gasteiger charge is 2.22. The molecule has 88 valence electrons. The highest BCUT2D eigenvalue weighted by Crippen LogP contribution is 2.40. The highest BCUT2D eigenvalue weighted by molar-refractivity contribution is 5.43. The summed E-state index contributed by atoms with van der Waals surface area (Å²) in [5.41, 5.74) is 2.57. The molecule has 1 aromatic rings. The molecular formula is C15H22O. The van der Waals surface area contributed by atoms with E-state index in [-0.39, 0.29) is 0 Å². The Morgan fingerprint density at radius 2 is 1.81 bits per heavy atom. The van der Waals surface area contributed by atoms with Crippen molar-refractivity contribution < 1.29 is 5.11 Å². The van der Waals surface area contributed by atoms with E-state index in [0.717, 1.165) is 0 Å². The molecule has 1 aromatic carbocycles. The van der Waals surface area contributed by atoms with Crippen molar-refractivity contribution in [1.82, 2.24) is 0 Å². The van der Waals surface area contributed by atoms with Crippen molar-refractivity contribution in [3.63, 3.8) is 0 Å². The van der Waals surface area contributed by atoms with Crippen LogP contribution < -0.4 is 0 Å². The summed E-state index contributed by atoms with van der Waals surface area (Å²) in [6, 6.07) is 5.99. The summed E-state index contributed by atoms with van der Waals surface area (Å²) in [6.45, 7) is 4.42. The van der Waals surface area contributed by atoms with Gasteiger partial charge in [0, 0.05) is 5.56 Å². The third-order valence-corrected chi connectivity index (χ3v) is 3.75. The predicted molar refractivity (Wildman–Crippen MR) is 68.0 cm³/mol. The van der Waals surface area contributed by atoms with Crippen LogP contribution in [0.4, 0.5) is 0 Å². The lowest BCUT2D eigenvalue weighted by atomic mass is 9.79. The molecule has 1 N–H and O–H groups in total. The monoisotopic (exact) mass is 218 g/mol. The van der Waals surface area contributed by atoms with Crippen molar-refractivity contribution >= 4 is 0 Å². The normalized spacial score (nSPS) is 17.9. The summed E-state index contributed by atoms with van der Waals surface area (Å²) in [5.74, 6) is 1.61. The number of rotatable bonds is 2. The highest BCUT2D eigenvalue weighted by atomic mass is 16.3. The molecule has 0 amide bonds. The Morgan fingerprint density at radius 1 is 1.12 bits per heavy atom. The Hall–Kier alpha value is -0.980. The van der Waals surface area contributed by atoms with Crippen molar-refractivity contribution in [3.05, 3.63) is 29.3 Å². The van der Waals surface area contributed by atoms with E-state index < -0.39 is 0 Å². The van der Waals surface area contributed by atoms with Gasteiger partial charge in [0.05, 0.1) is 0 Å². The van der Waals surface area contributed by atoms with E-state index in [0.29, 0.717) is 17.6 Å². The van der Waals surface area contributed by atoms with Crippen LogP contribution in [0, 0.1) is 0 Å². The van der Waals surface area contributed by atoms with Crippen LogP contribution in [0.25, 0.3) is 0 Å². The average molecular weight is 218 g/mol. The molecule has 1 fully saturated rings. The molecule has 0 radical (unpaired) electrons. The number of hydrogen-bond donors (Lipinski definition) is 1. The third-order valence-electron chi connectivity index (χ3n) is 3.75. The molecule has 1 nitrogen and oxygen atoms in total. The molecule has 0 heterocycles. The third kappa shape index (κ3) is 2.23. The first-order valence-electron chi connectivity index (χ1n) is 6.52. The van der Waals surface area contributed by atoms with Gasteiger partial charge in [-0.15, -0.1) is 0 Å². The molecule has 0 aromatic heterocycles. The van der Waals surface area contributed by atoms with Gasteiger partial charge in [0.1, 0.15) is 5.75 Å². The maximum absolute atomic E-state index is 10.1. The zero-order chi connectivity index (χ0) is 11.5. The van der Waals surface area contributed by atoms with Crippen molar-refractivity contribution in [1.29, 1.82) is 0 Å². The summed E-state index contributed by atoms with van der Waals surface area (Å²) >= 11 is 0. The van der Waals surface area contributed by atoms with E-state index in [1.54, 1.807) is 0 Å². The van der Waals surface area contributed by atoms with Crippen LogP contribution in [0.1, 0.15) is 68.9 Å². The van der Waals surface area contributed by atoms with Crippen LogP contribution in [0.15, 0.2) is 18.2 Å². The van der Waals surface area contributed by atoms with E-state index in [9.17, 15) is 5.11 Å². The van der Waals surface area contributed by atoms with E-state index in [1.807, 2.05) is 12.1 Å². The summed E-state index contributed by atoms with van der Waals surface area (Å²) in [4.78, 5) is 0. The maximum Gasteiger partial charge on any atom is 0.119 e. The molecule has 1 aliphatic rings. The lowest BCUT2D eigenvalue weighted by Gasteiger charge is -2.26. The van der Waals surface area contributed by atoms with Crippen LogP contribution in [0.2, 0.25) is 0 Å². The van der Waals surface area contributed by atoms with Gasteiger partial charge < -0.3 is 5.11 Å². The van der Waals surface area contributed by atoms with Crippen molar-refractivity contribution in [2.45, 2.75) is 57.8 Å². The minimum atomic E-state index is 0.504. The molecular weight excluding hydrogens is 196 g/mol. The molecule has 0 saturated heterocycles. The lowest BCUT2D eigenvalue weighted by molar-refractivity contribution is 0.411. The Kier molecular flexibility index (Phi) is 3.52. The second-order valence-corrected chi connectivity index (χ2v) is 5.27. The molecule has 1 aliphatic carbocycles. The molecule has 0 aliphatic heterocycles. The number of phenols is 1. The smallest absolute Gasteiger partial charge is 0.119 e. The first kappa shape index (κ1) is 11.5. The Balaban J connectivity index is 2.36. The summed E-state index contributed by atoms with van der Waals surface area (Å²) < 4.78 is 0. The maximum atomic E-state index is 10.1. The largest absolute Gasteiger partial charge is 0.508 e. The van der Waals surface area contributed by atoms with Crippen LogP contribution in [0.5, 0.6) is 5.75 Å². The van der Waals surface area contributed by atoms with E-state index in [1.165, 1.54) is 43.2 Å². The van der Waals surface area contributed by atoms with Gasteiger partial charge in [-0.05, 0) is 36.3 Å². The fraction of sp³-hybridized carbons (Fsp3) is 0.600. The van der Waals surface area contributed by atoms with E-state index in [4.69, 9.17) is 0 Å². The second kappa shape index (κ2) is 4.90. The molecule has 1 saturated carbocycles. The van der Waals surface area contributed by atoms with Gasteiger partial charge in [-0.3, -0.25) is 0 Å². The molecule has 1 heteroatoms. The quantitative estimate of drug-likeness (QED) is 0.771. The fourth-order valence-electron chi connectivity index (χ4n) is 2.91. The SMILES string of the molecule is CC(C)c1cccc(O)c1C1CCCCC1. The summed E-state index contributed by atoms with van der Waals surface area (Å²) in [7, 11) is 0. The van der Waals surface area contributed by atoms with Gasteiger partial charge in [-0.2, -0.15) is 0 Å². The number of benzene rings is 1. The van der Waals surface area contributed by atoms with Crippen molar-refractivity contribution in [2.24, 2.45) is 0 Å². The molecule has 0 unspecified atom stereocenters. The zero-order valence-electron chi connectivity index (χ0n) is 10.4. The van der Waals surface area contributed by atoms with Crippen LogP contribution in [-0.2, 0) is 0 Å². The first-order chi connectivity index (χ1) is 7.70. The van der Waals surface area contributed by atoms with Gasteiger partial charge in [-0.1, -0.05) is 45.2 Å². The average Bonchev–Trinajstić information content (AvgIpc) is 2.29. The minimum absolute atomic E-state index is 0.504. The van der Waals surface area contributed by atoms with Crippen LogP contribution >= 0.6 is 0 Å². The summed E-state index contributed by atoms with van der Waals surface area (Å²) in [5, 5.41) is 10.1. The molecule has 16 heavy (non-hydrogen) atoms. The molecule has 2 rings (SSSR count). The standard InChI is InChI=1S/C15H22O/c1-11(2)13-9-6-10-14(16)15(13)12-7-4-3-5-8-12/h6,9-12,16H,3-5,7-8H2,1-2H3. The first-order valence-corrected chi connectivity index (χ1v) is 6.52. The van der Waals surface area contributed by atoms with E-state index in [2.05, 4.69) is 19.9 Å². The predicted octanol–water partition coefficient (Wildman–Crippen LogP) is 4.56. The fourth-order valence-corrected chi connectivity index (χ4v) is 2.91. The Labute approximate surface area is 98.5 Å². The van der Waals surface area contributed by atoms with Gasteiger partial charge in [0.15, 0.2) is 0 Å². The molecule has 0 spiro atoms. The van der Waals surface area contributed by atoms with E-state index >= 15 is 0 Å². The summed E-state index contributed by atoms with van der Waals surface area (Å²) in [6.07, 6.45) is 6.49. The van der Waals surface area contributed by atoms with Gasteiger partial charge in [0.25, 0.3) is 0 Å². The van der Waals surface area contributed by atoms with Crippen LogP contribution in [-0.4, -0.2) is 5.11 Å². The zero-order valence-corrected chi connectivity index (χ0v) is 10.4. The molecule has 0 atom stereocenters. The minimum Gasteiger partial charge on any atom is -0.508 e. The lowest BCUT2D eigenvalue weighted by Crippen LogP contribution is -2.08. The Morgan fingerprint density at radius 3 is 2.44 bits per heavy atom. The van der Waals surface area contributed by atoms with Crippen molar-refractivity contribution in [3.8, 4) is 5.75 Å². The number of hydrogen-bond acceptors (Lipinski definition) is 1. The van der Waals surface area contributed by atoms with Gasteiger partial charge in [-0.25, -0.2) is 0 Å². The number of aromatic hydroxyl groups is 1. The Bertz CT molecular complexity index is 348. The second-order valence-electron chi connectivity index (χ2n) is 5.27.